The van der Waals surface area contributed by atoms with Crippen molar-refractivity contribution in [2.24, 2.45) is 10.7 Å². The summed E-state index contributed by atoms with van der Waals surface area (Å²) in [7, 11) is 3.16. The van der Waals surface area contributed by atoms with E-state index in [1.165, 1.54) is 19.3 Å². The zero-order chi connectivity index (χ0) is 16.7. The van der Waals surface area contributed by atoms with Crippen LogP contribution in [0.4, 0.5) is 0 Å². The van der Waals surface area contributed by atoms with Gasteiger partial charge in [-0.3, -0.25) is 4.99 Å². The highest BCUT2D eigenvalue weighted by atomic mass is 127. The highest BCUT2D eigenvalue weighted by Gasteiger charge is 2.16. The van der Waals surface area contributed by atoms with Crippen molar-refractivity contribution < 1.29 is 14.6 Å². The third-order valence-electron chi connectivity index (χ3n) is 4.19. The summed E-state index contributed by atoms with van der Waals surface area (Å²) in [4.78, 5) is 4.26. The van der Waals surface area contributed by atoms with Crippen LogP contribution in [0.2, 0.25) is 0 Å². The fraction of sp³-hybridized carbons (Fsp3) is 0.588. The maximum atomic E-state index is 10.4. The molecule has 2 rings (SSSR count). The van der Waals surface area contributed by atoms with E-state index < -0.39 is 6.10 Å². The molecule has 1 aliphatic rings. The number of aliphatic hydroxyl groups is 1. The fourth-order valence-electron chi connectivity index (χ4n) is 2.88. The molecule has 0 heterocycles. The summed E-state index contributed by atoms with van der Waals surface area (Å²) in [6.07, 6.45) is 5.21. The molecule has 1 aromatic rings. The minimum atomic E-state index is -0.799. The Morgan fingerprint density at radius 1 is 1.29 bits per heavy atom. The summed E-state index contributed by atoms with van der Waals surface area (Å²) >= 11 is 0. The molecule has 0 spiro atoms. The van der Waals surface area contributed by atoms with Crippen molar-refractivity contribution in [3.8, 4) is 11.5 Å². The molecular formula is C17H28IN3O3. The van der Waals surface area contributed by atoms with Crippen LogP contribution in [0, 0.1) is 0 Å². The van der Waals surface area contributed by atoms with E-state index in [4.69, 9.17) is 15.2 Å². The number of benzene rings is 1. The Morgan fingerprint density at radius 2 is 2.00 bits per heavy atom. The van der Waals surface area contributed by atoms with E-state index in [9.17, 15) is 5.11 Å². The Kier molecular flexibility index (Phi) is 9.20. The van der Waals surface area contributed by atoms with Gasteiger partial charge in [0, 0.05) is 11.6 Å². The van der Waals surface area contributed by atoms with Crippen LogP contribution in [0.3, 0.4) is 0 Å². The summed E-state index contributed by atoms with van der Waals surface area (Å²) in [6.45, 7) is 0.176. The highest BCUT2D eigenvalue weighted by Crippen LogP contribution is 2.29. The van der Waals surface area contributed by atoms with Crippen LogP contribution in [0.15, 0.2) is 23.2 Å². The second-order valence-corrected chi connectivity index (χ2v) is 5.83. The molecule has 1 saturated carbocycles. The predicted octanol–water partition coefficient (Wildman–Crippen LogP) is 2.59. The number of nitrogens with two attached hydrogens (primary N) is 1. The molecule has 1 aromatic carbocycles. The van der Waals surface area contributed by atoms with Gasteiger partial charge >= 0.3 is 0 Å². The number of aliphatic hydroxyl groups excluding tert-OH is 1. The molecule has 7 heteroatoms. The number of nitrogens with zero attached hydrogens (tertiary/aromatic N) is 1. The summed E-state index contributed by atoms with van der Waals surface area (Å²) in [5.74, 6) is 1.65. The quantitative estimate of drug-likeness (QED) is 0.353. The van der Waals surface area contributed by atoms with Gasteiger partial charge in [0.05, 0.1) is 20.8 Å². The smallest absolute Gasteiger partial charge is 0.188 e. The van der Waals surface area contributed by atoms with Crippen molar-refractivity contribution in [3.63, 3.8) is 0 Å². The lowest BCUT2D eigenvalue weighted by molar-refractivity contribution is 0.182. The molecule has 4 N–H and O–H groups in total. The molecule has 0 aromatic heterocycles. The predicted molar refractivity (Wildman–Crippen MR) is 106 cm³/mol. The molecule has 1 aliphatic carbocycles. The number of aliphatic imine (C=N–C) groups is 1. The third kappa shape index (κ3) is 6.01. The summed E-state index contributed by atoms with van der Waals surface area (Å²) in [6, 6.07) is 5.71. The summed E-state index contributed by atoms with van der Waals surface area (Å²) in [5, 5.41) is 13.6. The van der Waals surface area contributed by atoms with Crippen molar-refractivity contribution in [2.75, 3.05) is 20.8 Å². The average Bonchev–Trinajstić information content (AvgIpc) is 2.60. The number of guanidine groups is 1. The van der Waals surface area contributed by atoms with Crippen molar-refractivity contribution in [3.05, 3.63) is 23.8 Å². The Labute approximate surface area is 160 Å². The molecule has 1 unspecified atom stereocenters. The number of ether oxygens (including phenoxy) is 2. The van der Waals surface area contributed by atoms with Crippen molar-refractivity contribution >= 4 is 29.9 Å². The van der Waals surface area contributed by atoms with Gasteiger partial charge in [0.25, 0.3) is 0 Å². The van der Waals surface area contributed by atoms with Crippen LogP contribution < -0.4 is 20.5 Å². The molecule has 0 aliphatic heterocycles. The zero-order valence-electron chi connectivity index (χ0n) is 14.3. The monoisotopic (exact) mass is 449 g/mol. The van der Waals surface area contributed by atoms with Crippen LogP contribution in [-0.4, -0.2) is 37.9 Å². The molecular weight excluding hydrogens is 421 g/mol. The van der Waals surface area contributed by atoms with E-state index >= 15 is 0 Å². The second-order valence-electron chi connectivity index (χ2n) is 5.83. The van der Waals surface area contributed by atoms with Crippen LogP contribution >= 0.6 is 24.0 Å². The van der Waals surface area contributed by atoms with Gasteiger partial charge in [-0.1, -0.05) is 19.3 Å². The SMILES string of the molecule is COc1ccc(OC)c(C(O)CN=C(N)NC2CCCCC2)c1.I. The van der Waals surface area contributed by atoms with E-state index in [1.807, 2.05) is 0 Å². The zero-order valence-corrected chi connectivity index (χ0v) is 16.7. The van der Waals surface area contributed by atoms with Gasteiger partial charge in [-0.15, -0.1) is 24.0 Å². The Morgan fingerprint density at radius 3 is 2.62 bits per heavy atom. The van der Waals surface area contributed by atoms with Gasteiger partial charge in [-0.2, -0.15) is 0 Å². The van der Waals surface area contributed by atoms with Gasteiger partial charge in [0.1, 0.15) is 17.6 Å². The number of hydrogen-bond acceptors (Lipinski definition) is 4. The van der Waals surface area contributed by atoms with Gasteiger partial charge in [0.15, 0.2) is 5.96 Å². The minimum absolute atomic E-state index is 0. The third-order valence-corrected chi connectivity index (χ3v) is 4.19. The van der Waals surface area contributed by atoms with E-state index in [0.29, 0.717) is 29.1 Å². The first kappa shape index (κ1) is 20.8. The van der Waals surface area contributed by atoms with Crippen LogP contribution in [0.1, 0.15) is 43.8 Å². The largest absolute Gasteiger partial charge is 0.497 e. The Hall–Kier alpha value is -1.22. The molecule has 136 valence electrons. The van der Waals surface area contributed by atoms with Gasteiger partial charge < -0.3 is 25.6 Å². The number of methoxy groups -OCH3 is 2. The lowest BCUT2D eigenvalue weighted by Crippen LogP contribution is -2.41. The number of nitrogens with one attached hydrogen (secondary N) is 1. The van der Waals surface area contributed by atoms with E-state index in [0.717, 1.165) is 12.8 Å². The molecule has 24 heavy (non-hydrogen) atoms. The maximum absolute atomic E-state index is 10.4. The molecule has 1 fully saturated rings. The van der Waals surface area contributed by atoms with Crippen molar-refractivity contribution in [1.82, 2.24) is 5.32 Å². The second kappa shape index (κ2) is 10.6. The van der Waals surface area contributed by atoms with E-state index in [2.05, 4.69) is 10.3 Å². The topological polar surface area (TPSA) is 89.1 Å². The van der Waals surface area contributed by atoms with Crippen LogP contribution in [-0.2, 0) is 0 Å². The van der Waals surface area contributed by atoms with Gasteiger partial charge in [0.2, 0.25) is 0 Å². The van der Waals surface area contributed by atoms with Crippen molar-refractivity contribution in [1.29, 1.82) is 0 Å². The van der Waals surface area contributed by atoms with E-state index in [1.54, 1.807) is 32.4 Å². The summed E-state index contributed by atoms with van der Waals surface area (Å²) < 4.78 is 10.5. The number of rotatable bonds is 6. The first-order valence-corrected chi connectivity index (χ1v) is 8.10. The van der Waals surface area contributed by atoms with Crippen molar-refractivity contribution in [2.45, 2.75) is 44.2 Å². The summed E-state index contributed by atoms with van der Waals surface area (Å²) in [5.41, 5.74) is 6.57. The lowest BCUT2D eigenvalue weighted by Gasteiger charge is -2.23. The molecule has 1 atom stereocenters. The minimum Gasteiger partial charge on any atom is -0.497 e. The van der Waals surface area contributed by atoms with Gasteiger partial charge in [-0.25, -0.2) is 0 Å². The first-order valence-electron chi connectivity index (χ1n) is 8.10. The van der Waals surface area contributed by atoms with Gasteiger partial charge in [-0.05, 0) is 31.0 Å². The first-order chi connectivity index (χ1) is 11.1. The lowest BCUT2D eigenvalue weighted by atomic mass is 9.96. The molecule has 6 nitrogen and oxygen atoms in total. The molecule has 0 saturated heterocycles. The normalized spacial score (nSPS) is 16.9. The highest BCUT2D eigenvalue weighted by molar-refractivity contribution is 14.0. The van der Waals surface area contributed by atoms with E-state index in [-0.39, 0.29) is 30.5 Å². The molecule has 0 amide bonds. The fourth-order valence-corrected chi connectivity index (χ4v) is 2.88. The van der Waals surface area contributed by atoms with Crippen LogP contribution in [0.5, 0.6) is 11.5 Å². The standard InChI is InChI=1S/C17H27N3O3.HI/c1-22-13-8-9-16(23-2)14(10-13)15(21)11-19-17(18)20-12-6-4-3-5-7-12;/h8-10,12,15,21H,3-7,11H2,1-2H3,(H3,18,19,20);1H. The van der Waals surface area contributed by atoms with Crippen LogP contribution in [0.25, 0.3) is 0 Å². The average molecular weight is 449 g/mol. The molecule has 0 bridgehead atoms. The number of halogens is 1. The Bertz CT molecular complexity index is 534. The number of hydrogen-bond donors (Lipinski definition) is 3. The Balaban J connectivity index is 0.00000288. The molecule has 0 radical (unpaired) electrons. The maximum Gasteiger partial charge on any atom is 0.188 e.